The smallest absolute Gasteiger partial charge is 0.256 e. The quantitative estimate of drug-likeness (QED) is 0.816. The van der Waals surface area contributed by atoms with Gasteiger partial charge in [-0.1, -0.05) is 0 Å². The van der Waals surface area contributed by atoms with Crippen molar-refractivity contribution in [2.24, 2.45) is 11.8 Å². The van der Waals surface area contributed by atoms with Gasteiger partial charge in [-0.15, -0.1) is 0 Å². The maximum absolute atomic E-state index is 13.5. The third kappa shape index (κ3) is 1.88. The first-order valence-electron chi connectivity index (χ1n) is 6.10. The van der Waals surface area contributed by atoms with Gasteiger partial charge in [-0.25, -0.2) is 8.78 Å². The van der Waals surface area contributed by atoms with Crippen LogP contribution in [-0.4, -0.2) is 37.0 Å². The van der Waals surface area contributed by atoms with Crippen molar-refractivity contribution in [1.82, 2.24) is 10.2 Å². The lowest BCUT2D eigenvalue weighted by Gasteiger charge is -2.17. The summed E-state index contributed by atoms with van der Waals surface area (Å²) in [6.45, 7) is 3.07. The first kappa shape index (κ1) is 11.6. The Kier molecular flexibility index (Phi) is 2.78. The highest BCUT2D eigenvalue weighted by Gasteiger charge is 2.38. The van der Waals surface area contributed by atoms with Crippen LogP contribution in [0.4, 0.5) is 8.78 Å². The van der Waals surface area contributed by atoms with Gasteiger partial charge in [0.25, 0.3) is 5.91 Å². The van der Waals surface area contributed by atoms with E-state index in [4.69, 9.17) is 0 Å². The molecule has 2 aliphatic rings. The zero-order chi connectivity index (χ0) is 12.7. The minimum Gasteiger partial charge on any atom is -0.338 e. The highest BCUT2D eigenvalue weighted by atomic mass is 19.1. The molecule has 0 aliphatic carbocycles. The van der Waals surface area contributed by atoms with Crippen LogP contribution in [0.25, 0.3) is 0 Å². The molecule has 2 fully saturated rings. The Morgan fingerprint density at radius 2 is 1.89 bits per heavy atom. The molecular formula is C13H14F2N2O. The van der Waals surface area contributed by atoms with Gasteiger partial charge in [0.2, 0.25) is 0 Å². The largest absolute Gasteiger partial charge is 0.338 e. The van der Waals surface area contributed by atoms with E-state index in [2.05, 4.69) is 5.32 Å². The summed E-state index contributed by atoms with van der Waals surface area (Å²) in [4.78, 5) is 13.8. The van der Waals surface area contributed by atoms with E-state index in [9.17, 15) is 13.6 Å². The van der Waals surface area contributed by atoms with E-state index in [1.807, 2.05) is 0 Å². The molecule has 2 saturated heterocycles. The number of nitrogens with zero attached hydrogens (tertiary/aromatic N) is 1. The molecule has 0 spiro atoms. The normalized spacial score (nSPS) is 26.4. The summed E-state index contributed by atoms with van der Waals surface area (Å²) in [5, 5.41) is 3.27. The maximum Gasteiger partial charge on any atom is 0.256 e. The molecule has 0 aromatic heterocycles. The zero-order valence-corrected chi connectivity index (χ0v) is 9.83. The van der Waals surface area contributed by atoms with Crippen LogP contribution in [0.5, 0.6) is 0 Å². The average Bonchev–Trinajstić information content (AvgIpc) is 2.91. The number of carbonyl (C=O) groups is 1. The predicted octanol–water partition coefficient (Wildman–Crippen LogP) is 1.26. The van der Waals surface area contributed by atoms with Crippen LogP contribution >= 0.6 is 0 Å². The number of amides is 1. The van der Waals surface area contributed by atoms with Gasteiger partial charge in [0, 0.05) is 26.2 Å². The molecule has 1 aromatic carbocycles. The van der Waals surface area contributed by atoms with Crippen molar-refractivity contribution in [2.45, 2.75) is 0 Å². The van der Waals surface area contributed by atoms with Crippen LogP contribution in [0.3, 0.4) is 0 Å². The number of carbonyl (C=O) groups excluding carboxylic acids is 1. The highest BCUT2D eigenvalue weighted by Crippen LogP contribution is 2.27. The molecule has 2 atom stereocenters. The molecule has 0 saturated carbocycles. The van der Waals surface area contributed by atoms with Crippen LogP contribution < -0.4 is 5.32 Å². The van der Waals surface area contributed by atoms with E-state index in [1.54, 1.807) is 4.90 Å². The number of nitrogens with one attached hydrogen (secondary N) is 1. The predicted molar refractivity (Wildman–Crippen MR) is 62.1 cm³/mol. The first-order chi connectivity index (χ1) is 8.65. The Labute approximate surface area is 104 Å². The standard InChI is InChI=1S/C13H14F2N2O/c14-10-1-2-12(15)11(3-10)13(18)17-6-8-4-16-5-9(8)7-17/h1-3,8-9,16H,4-7H2. The van der Waals surface area contributed by atoms with Gasteiger partial charge in [0.1, 0.15) is 11.6 Å². The van der Waals surface area contributed by atoms with E-state index in [1.165, 1.54) is 0 Å². The Morgan fingerprint density at radius 1 is 1.22 bits per heavy atom. The van der Waals surface area contributed by atoms with Crippen molar-refractivity contribution >= 4 is 5.91 Å². The third-order valence-electron chi connectivity index (χ3n) is 3.84. The highest BCUT2D eigenvalue weighted by molar-refractivity contribution is 5.94. The topological polar surface area (TPSA) is 32.3 Å². The molecule has 1 amide bonds. The lowest BCUT2D eigenvalue weighted by molar-refractivity contribution is 0.0776. The number of benzene rings is 1. The Hall–Kier alpha value is -1.49. The second-order valence-electron chi connectivity index (χ2n) is 5.01. The molecule has 1 N–H and O–H groups in total. The van der Waals surface area contributed by atoms with E-state index in [0.29, 0.717) is 24.9 Å². The summed E-state index contributed by atoms with van der Waals surface area (Å²) in [5.41, 5.74) is -0.164. The van der Waals surface area contributed by atoms with Gasteiger partial charge in [-0.2, -0.15) is 0 Å². The summed E-state index contributed by atoms with van der Waals surface area (Å²) in [6, 6.07) is 3.00. The number of hydrogen-bond acceptors (Lipinski definition) is 2. The molecule has 18 heavy (non-hydrogen) atoms. The maximum atomic E-state index is 13.5. The second-order valence-corrected chi connectivity index (χ2v) is 5.01. The molecule has 3 nitrogen and oxygen atoms in total. The van der Waals surface area contributed by atoms with Crippen LogP contribution in [0.1, 0.15) is 10.4 Å². The van der Waals surface area contributed by atoms with Crippen LogP contribution in [0, 0.1) is 23.5 Å². The first-order valence-corrected chi connectivity index (χ1v) is 6.10. The second kappa shape index (κ2) is 4.31. The Morgan fingerprint density at radius 3 is 2.56 bits per heavy atom. The third-order valence-corrected chi connectivity index (χ3v) is 3.84. The monoisotopic (exact) mass is 252 g/mol. The summed E-state index contributed by atoms with van der Waals surface area (Å²) in [7, 11) is 0. The van der Waals surface area contributed by atoms with Gasteiger partial charge >= 0.3 is 0 Å². The van der Waals surface area contributed by atoms with Crippen LogP contribution in [-0.2, 0) is 0 Å². The van der Waals surface area contributed by atoms with E-state index >= 15 is 0 Å². The molecule has 1 aromatic rings. The minimum absolute atomic E-state index is 0.164. The molecular weight excluding hydrogens is 238 g/mol. The molecule has 2 heterocycles. The van der Waals surface area contributed by atoms with Crippen molar-refractivity contribution in [3.8, 4) is 0 Å². The van der Waals surface area contributed by atoms with Crippen molar-refractivity contribution < 1.29 is 13.6 Å². The van der Waals surface area contributed by atoms with E-state index in [0.717, 1.165) is 31.3 Å². The number of halogens is 2. The Balaban J connectivity index is 1.81. The molecule has 5 heteroatoms. The van der Waals surface area contributed by atoms with Gasteiger partial charge in [-0.05, 0) is 30.0 Å². The molecule has 0 radical (unpaired) electrons. The number of likely N-dealkylation sites (tertiary alicyclic amines) is 1. The lowest BCUT2D eigenvalue weighted by Crippen LogP contribution is -2.32. The van der Waals surface area contributed by atoms with E-state index < -0.39 is 17.5 Å². The molecule has 2 unspecified atom stereocenters. The van der Waals surface area contributed by atoms with Crippen molar-refractivity contribution in [3.63, 3.8) is 0 Å². The molecule has 0 bridgehead atoms. The van der Waals surface area contributed by atoms with Crippen LogP contribution in [0.15, 0.2) is 18.2 Å². The van der Waals surface area contributed by atoms with Gasteiger partial charge in [-0.3, -0.25) is 4.79 Å². The van der Waals surface area contributed by atoms with Crippen LogP contribution in [0.2, 0.25) is 0 Å². The number of fused-ring (bicyclic) bond motifs is 1. The minimum atomic E-state index is -0.656. The average molecular weight is 252 g/mol. The van der Waals surface area contributed by atoms with E-state index in [-0.39, 0.29) is 5.56 Å². The van der Waals surface area contributed by atoms with Gasteiger partial charge in [0.15, 0.2) is 0 Å². The zero-order valence-electron chi connectivity index (χ0n) is 9.83. The fourth-order valence-electron chi connectivity index (χ4n) is 2.85. The van der Waals surface area contributed by atoms with Crippen molar-refractivity contribution in [1.29, 1.82) is 0 Å². The molecule has 2 aliphatic heterocycles. The molecule has 3 rings (SSSR count). The Bertz CT molecular complexity index is 480. The molecule has 96 valence electrons. The number of rotatable bonds is 1. The lowest BCUT2D eigenvalue weighted by atomic mass is 10.0. The SMILES string of the molecule is O=C(c1cc(F)ccc1F)N1CC2CNCC2C1. The fraction of sp³-hybridized carbons (Fsp3) is 0.462. The van der Waals surface area contributed by atoms with Crippen molar-refractivity contribution in [3.05, 3.63) is 35.4 Å². The van der Waals surface area contributed by atoms with Gasteiger partial charge in [0.05, 0.1) is 5.56 Å². The summed E-state index contributed by atoms with van der Waals surface area (Å²) >= 11 is 0. The summed E-state index contributed by atoms with van der Waals surface area (Å²) in [5.74, 6) is -0.741. The van der Waals surface area contributed by atoms with Crippen molar-refractivity contribution in [2.75, 3.05) is 26.2 Å². The summed E-state index contributed by atoms with van der Waals surface area (Å²) in [6.07, 6.45) is 0. The number of hydrogen-bond donors (Lipinski definition) is 1. The van der Waals surface area contributed by atoms with Gasteiger partial charge < -0.3 is 10.2 Å². The fourth-order valence-corrected chi connectivity index (χ4v) is 2.85. The summed E-state index contributed by atoms with van der Waals surface area (Å²) < 4.78 is 26.6.